The van der Waals surface area contributed by atoms with E-state index in [1.54, 1.807) is 0 Å². The van der Waals surface area contributed by atoms with Gasteiger partial charge < -0.3 is 0 Å². The van der Waals surface area contributed by atoms with Gasteiger partial charge in [0.05, 0.1) is 0 Å². The topological polar surface area (TPSA) is 0 Å². The zero-order valence-electron chi connectivity index (χ0n) is 5.65. The summed E-state index contributed by atoms with van der Waals surface area (Å²) >= 11 is 0.387. The van der Waals surface area contributed by atoms with E-state index in [1.807, 2.05) is 0 Å². The number of hydrogen-bond acceptors (Lipinski definition) is 0. The molecule has 1 atom stereocenters. The van der Waals surface area contributed by atoms with Crippen molar-refractivity contribution in [3.05, 3.63) is 0 Å². The second-order valence-electron chi connectivity index (χ2n) is 2.01. The third kappa shape index (κ3) is 2.49. The van der Waals surface area contributed by atoms with Gasteiger partial charge in [-0.1, -0.05) is 12.8 Å². The van der Waals surface area contributed by atoms with Gasteiger partial charge >= 0.3 is 0 Å². The molecular formula is C8H11I. The van der Waals surface area contributed by atoms with E-state index >= 15 is 0 Å². The van der Waals surface area contributed by atoms with Gasteiger partial charge in [0.2, 0.25) is 0 Å². The second kappa shape index (κ2) is 4.05. The highest BCUT2D eigenvalue weighted by Crippen LogP contribution is 2.11. The molecule has 0 aliphatic heterocycles. The Bertz CT molecular complexity index is 159. The average Bonchev–Trinajstić information content (AvgIpc) is 2.34. The predicted octanol–water partition coefficient (Wildman–Crippen LogP) is 2.19. The van der Waals surface area contributed by atoms with Crippen molar-refractivity contribution in [3.8, 4) is 11.8 Å². The molecule has 0 N–H and O–H groups in total. The van der Waals surface area contributed by atoms with Gasteiger partial charge in [-0.25, -0.2) is 0 Å². The number of halogens is 1. The lowest BCUT2D eigenvalue weighted by molar-refractivity contribution is 0.844. The van der Waals surface area contributed by atoms with Gasteiger partial charge in [-0.2, -0.15) is 0 Å². The Morgan fingerprint density at radius 1 is 1.78 bits per heavy atom. The fourth-order valence-corrected chi connectivity index (χ4v) is 2.46. The lowest BCUT2D eigenvalue weighted by atomic mass is 10.2. The van der Waals surface area contributed by atoms with E-state index in [4.69, 9.17) is 0 Å². The van der Waals surface area contributed by atoms with E-state index in [9.17, 15) is 0 Å². The Morgan fingerprint density at radius 3 is 3.22 bits per heavy atom. The van der Waals surface area contributed by atoms with Gasteiger partial charge in [-0.05, 0) is 14.9 Å². The fraction of sp³-hybridized carbons (Fsp3) is 0.625. The highest BCUT2D eigenvalue weighted by atomic mass is 127. The summed E-state index contributed by atoms with van der Waals surface area (Å²) in [6, 6.07) is 0. The highest BCUT2D eigenvalue weighted by Gasteiger charge is 2.02. The third-order valence-electron chi connectivity index (χ3n) is 1.26. The van der Waals surface area contributed by atoms with Crippen LogP contribution < -0.4 is 0 Å². The average molecular weight is 234 g/mol. The van der Waals surface area contributed by atoms with Crippen molar-refractivity contribution in [2.75, 3.05) is 4.43 Å². The zero-order chi connectivity index (χ0) is 6.53. The Kier molecular flexibility index (Phi) is 3.27. The van der Waals surface area contributed by atoms with E-state index in [0.717, 1.165) is 6.42 Å². The molecule has 0 saturated carbocycles. The molecule has 1 aliphatic rings. The normalized spacial score (nSPS) is 25.2. The van der Waals surface area contributed by atoms with E-state index in [-0.39, 0.29) is 0 Å². The monoisotopic (exact) mass is 234 g/mol. The van der Waals surface area contributed by atoms with Gasteiger partial charge in [0.1, 0.15) is 0 Å². The lowest BCUT2D eigenvalue weighted by Gasteiger charge is -1.93. The van der Waals surface area contributed by atoms with Gasteiger partial charge in [0.25, 0.3) is 0 Å². The molecule has 0 aromatic carbocycles. The van der Waals surface area contributed by atoms with Gasteiger partial charge in [-0.15, -0.1) is 26.7 Å². The first kappa shape index (κ1) is 7.27. The molecule has 50 valence electrons. The quantitative estimate of drug-likeness (QED) is 0.390. The van der Waals surface area contributed by atoms with Crippen LogP contribution in [0.25, 0.3) is 0 Å². The van der Waals surface area contributed by atoms with Gasteiger partial charge in [-0.3, -0.25) is 0 Å². The molecule has 0 nitrogen and oxygen atoms in total. The molecule has 0 saturated heterocycles. The van der Waals surface area contributed by atoms with Crippen LogP contribution in [0.4, 0.5) is 0 Å². The molecule has 0 heterocycles. The molecule has 9 heavy (non-hydrogen) atoms. The Hall–Kier alpha value is 0.160. The molecule has 0 spiro atoms. The number of hydrogen-bond donors (Lipinski definition) is 0. The molecular weight excluding hydrogens is 223 g/mol. The summed E-state index contributed by atoms with van der Waals surface area (Å²) in [5, 5.41) is 0. The van der Waals surface area contributed by atoms with Crippen molar-refractivity contribution in [1.82, 2.24) is 0 Å². The molecule has 0 bridgehead atoms. The lowest BCUT2D eigenvalue weighted by Crippen LogP contribution is -1.90. The maximum Gasteiger partial charge on any atom is 0.0444 e. The first-order valence-corrected chi connectivity index (χ1v) is 6.10. The third-order valence-corrected chi connectivity index (χ3v) is 3.52. The van der Waals surface area contributed by atoms with Gasteiger partial charge in [0, 0.05) is 12.3 Å². The van der Waals surface area contributed by atoms with Crippen LogP contribution in [-0.2, 0) is 0 Å². The molecule has 1 rings (SSSR count). The smallest absolute Gasteiger partial charge is 0.0444 e. The van der Waals surface area contributed by atoms with Crippen LogP contribution in [0.15, 0.2) is 0 Å². The molecule has 0 radical (unpaired) electrons. The summed E-state index contributed by atoms with van der Waals surface area (Å²) in [6.45, 7) is 2.26. The molecule has 1 heteroatoms. The summed E-state index contributed by atoms with van der Waals surface area (Å²) in [7, 11) is 0. The van der Waals surface area contributed by atoms with E-state index in [1.165, 1.54) is 10.8 Å². The summed E-state index contributed by atoms with van der Waals surface area (Å²) in [5.74, 6) is 7.01. The summed E-state index contributed by atoms with van der Waals surface area (Å²) in [6.07, 6.45) is 2.41. The van der Waals surface area contributed by atoms with Gasteiger partial charge in [0.15, 0.2) is 0 Å². The Balaban J connectivity index is 2.30. The van der Waals surface area contributed by atoms with E-state index in [0.29, 0.717) is 26.6 Å². The van der Waals surface area contributed by atoms with E-state index in [2.05, 4.69) is 22.8 Å². The molecule has 1 aliphatic carbocycles. The molecule has 1 unspecified atom stereocenters. The first-order chi connectivity index (χ1) is 4.43. The summed E-state index contributed by atoms with van der Waals surface area (Å²) < 4.78 is 3.83. The molecule has 0 aromatic heterocycles. The minimum absolute atomic E-state index is 0.387. The van der Waals surface area contributed by atoms with E-state index < -0.39 is 0 Å². The van der Waals surface area contributed by atoms with Crippen LogP contribution in [0, 0.1) is 17.8 Å². The van der Waals surface area contributed by atoms with Crippen LogP contribution in [0.3, 0.4) is 0 Å². The van der Waals surface area contributed by atoms with Crippen molar-refractivity contribution >= 4 is 24.7 Å². The van der Waals surface area contributed by atoms with Crippen molar-refractivity contribution < 1.29 is 0 Å². The largest absolute Gasteiger partial charge is 0.126 e. The van der Waals surface area contributed by atoms with Crippen LogP contribution in [0.2, 0.25) is 0 Å². The van der Waals surface area contributed by atoms with Crippen molar-refractivity contribution in [3.63, 3.8) is 0 Å². The van der Waals surface area contributed by atoms with Crippen molar-refractivity contribution in [2.24, 2.45) is 5.92 Å². The molecule has 0 aromatic rings. The van der Waals surface area contributed by atoms with Crippen molar-refractivity contribution in [1.29, 1.82) is 0 Å². The van der Waals surface area contributed by atoms with Crippen LogP contribution in [-0.4, -0.2) is 8.44 Å². The SMILES string of the molecule is CCI=CC1C#CCC1. The Labute approximate surface area is 66.8 Å². The standard InChI is InChI=1S/C8H11I/c1-2-9-7-8-5-3-4-6-8/h7-8H,2-3,5H2,1H3. The maximum absolute atomic E-state index is 3.21. The first-order valence-electron chi connectivity index (χ1n) is 3.33. The minimum Gasteiger partial charge on any atom is -0.126 e. The highest BCUT2D eigenvalue weighted by molar-refractivity contribution is 14.2. The zero-order valence-corrected chi connectivity index (χ0v) is 7.81. The Morgan fingerprint density at radius 2 is 2.67 bits per heavy atom. The van der Waals surface area contributed by atoms with Crippen LogP contribution in [0.1, 0.15) is 19.8 Å². The maximum atomic E-state index is 3.21. The van der Waals surface area contributed by atoms with Crippen molar-refractivity contribution in [2.45, 2.75) is 19.8 Å². The summed E-state index contributed by atoms with van der Waals surface area (Å²) in [4.78, 5) is 0. The fourth-order valence-electron chi connectivity index (χ4n) is 0.794. The minimum atomic E-state index is 0.387. The molecule has 0 amide bonds. The predicted molar refractivity (Wildman–Crippen MR) is 51.1 cm³/mol. The number of rotatable bonds is 2. The number of alkyl halides is 1. The summed E-state index contributed by atoms with van der Waals surface area (Å²) in [5.41, 5.74) is 0. The second-order valence-corrected chi connectivity index (χ2v) is 5.14. The van der Waals surface area contributed by atoms with Crippen LogP contribution in [0.5, 0.6) is 0 Å². The van der Waals surface area contributed by atoms with Crippen LogP contribution >= 0.6 is 20.7 Å². The molecule has 0 fully saturated rings.